The van der Waals surface area contributed by atoms with Crippen LogP contribution in [0.2, 0.25) is 0 Å². The molecule has 0 saturated carbocycles. The maximum Gasteiger partial charge on any atom is 0.317 e. The largest absolute Gasteiger partial charge is 0.481 e. The second-order valence-electron chi connectivity index (χ2n) is 4.88. The van der Waals surface area contributed by atoms with Crippen molar-refractivity contribution in [2.24, 2.45) is 5.92 Å². The SMILES string of the molecule is CCC(CNC(=O)N1CCCCC1CC)C(=O)O. The molecular formula is C13H24N2O3. The van der Waals surface area contributed by atoms with Crippen LogP contribution in [0.4, 0.5) is 4.79 Å². The standard InChI is InChI=1S/C13H24N2O3/c1-3-10(12(16)17)9-14-13(18)15-8-6-5-7-11(15)4-2/h10-11H,3-9H2,1-2H3,(H,14,18)(H,16,17). The fourth-order valence-corrected chi connectivity index (χ4v) is 2.41. The van der Waals surface area contributed by atoms with E-state index in [-0.39, 0.29) is 12.6 Å². The van der Waals surface area contributed by atoms with Gasteiger partial charge in [-0.25, -0.2) is 4.79 Å². The number of likely N-dealkylation sites (tertiary alicyclic amines) is 1. The Morgan fingerprint density at radius 1 is 1.39 bits per heavy atom. The highest BCUT2D eigenvalue weighted by Gasteiger charge is 2.26. The Balaban J connectivity index is 2.45. The van der Waals surface area contributed by atoms with Gasteiger partial charge in [0.15, 0.2) is 0 Å². The van der Waals surface area contributed by atoms with Crippen LogP contribution in [-0.4, -0.2) is 41.1 Å². The molecule has 0 radical (unpaired) electrons. The number of amides is 2. The number of carboxylic acid groups (broad SMARTS) is 1. The Hall–Kier alpha value is -1.26. The number of carbonyl (C=O) groups is 2. The molecule has 0 bridgehead atoms. The minimum absolute atomic E-state index is 0.110. The molecule has 1 aliphatic heterocycles. The van der Waals surface area contributed by atoms with Crippen LogP contribution in [0.3, 0.4) is 0 Å². The Morgan fingerprint density at radius 3 is 2.67 bits per heavy atom. The van der Waals surface area contributed by atoms with Crippen LogP contribution in [-0.2, 0) is 4.79 Å². The Kier molecular flexibility index (Phi) is 5.95. The lowest BCUT2D eigenvalue weighted by Gasteiger charge is -2.35. The van der Waals surface area contributed by atoms with Crippen molar-refractivity contribution in [2.75, 3.05) is 13.1 Å². The van der Waals surface area contributed by atoms with Gasteiger partial charge in [-0.15, -0.1) is 0 Å². The second-order valence-corrected chi connectivity index (χ2v) is 4.88. The third-order valence-electron chi connectivity index (χ3n) is 3.70. The predicted molar refractivity (Wildman–Crippen MR) is 69.5 cm³/mol. The number of piperidine rings is 1. The zero-order chi connectivity index (χ0) is 13.5. The minimum atomic E-state index is -0.844. The molecule has 0 aromatic rings. The number of hydrogen-bond acceptors (Lipinski definition) is 2. The molecule has 0 aliphatic carbocycles. The molecule has 2 amide bonds. The van der Waals surface area contributed by atoms with Gasteiger partial charge in [0.05, 0.1) is 5.92 Å². The highest BCUT2D eigenvalue weighted by atomic mass is 16.4. The van der Waals surface area contributed by atoms with E-state index in [9.17, 15) is 9.59 Å². The van der Waals surface area contributed by atoms with Crippen LogP contribution in [0.25, 0.3) is 0 Å². The monoisotopic (exact) mass is 256 g/mol. The summed E-state index contributed by atoms with van der Waals surface area (Å²) in [5.74, 6) is -1.33. The fourth-order valence-electron chi connectivity index (χ4n) is 2.41. The van der Waals surface area contributed by atoms with Crippen LogP contribution in [0, 0.1) is 5.92 Å². The number of hydrogen-bond donors (Lipinski definition) is 2. The summed E-state index contributed by atoms with van der Waals surface area (Å²) in [6, 6.07) is 0.199. The lowest BCUT2D eigenvalue weighted by atomic mass is 10.0. The number of nitrogens with zero attached hydrogens (tertiary/aromatic N) is 1. The Bertz CT molecular complexity index is 294. The first kappa shape index (κ1) is 14.8. The molecule has 1 fully saturated rings. The number of aliphatic carboxylic acids is 1. The number of nitrogens with one attached hydrogen (secondary N) is 1. The highest BCUT2D eigenvalue weighted by Crippen LogP contribution is 2.19. The molecule has 0 aromatic heterocycles. The summed E-state index contributed by atoms with van der Waals surface area (Å²) in [6.45, 7) is 4.91. The molecule has 1 rings (SSSR count). The fraction of sp³-hybridized carbons (Fsp3) is 0.846. The van der Waals surface area contributed by atoms with E-state index in [0.717, 1.165) is 25.8 Å². The van der Waals surface area contributed by atoms with Gasteiger partial charge in [-0.1, -0.05) is 13.8 Å². The van der Waals surface area contributed by atoms with Crippen LogP contribution in [0.15, 0.2) is 0 Å². The maximum atomic E-state index is 12.0. The van der Waals surface area contributed by atoms with Gasteiger partial charge >= 0.3 is 12.0 Å². The van der Waals surface area contributed by atoms with Gasteiger partial charge in [0.1, 0.15) is 0 Å². The quantitative estimate of drug-likeness (QED) is 0.791. The molecule has 18 heavy (non-hydrogen) atoms. The van der Waals surface area contributed by atoms with Crippen LogP contribution in [0.1, 0.15) is 46.0 Å². The molecule has 0 spiro atoms. The van der Waals surface area contributed by atoms with Crippen molar-refractivity contribution >= 4 is 12.0 Å². The highest BCUT2D eigenvalue weighted by molar-refractivity contribution is 5.76. The van der Waals surface area contributed by atoms with Crippen LogP contribution < -0.4 is 5.32 Å². The van der Waals surface area contributed by atoms with Crippen LogP contribution >= 0.6 is 0 Å². The third kappa shape index (κ3) is 3.89. The summed E-state index contributed by atoms with van der Waals surface area (Å²) in [4.78, 5) is 24.8. The molecule has 2 N–H and O–H groups in total. The van der Waals surface area contributed by atoms with E-state index < -0.39 is 11.9 Å². The lowest BCUT2D eigenvalue weighted by Crippen LogP contribution is -2.49. The molecule has 5 nitrogen and oxygen atoms in total. The van der Waals surface area contributed by atoms with Gasteiger partial charge in [0.25, 0.3) is 0 Å². The number of carboxylic acids is 1. The molecule has 1 aliphatic rings. The van der Waals surface area contributed by atoms with Gasteiger partial charge < -0.3 is 15.3 Å². The average Bonchev–Trinajstić information content (AvgIpc) is 2.38. The Morgan fingerprint density at radius 2 is 2.11 bits per heavy atom. The molecule has 1 saturated heterocycles. The molecule has 104 valence electrons. The van der Waals surface area contributed by atoms with Crippen molar-refractivity contribution in [3.05, 3.63) is 0 Å². The summed E-state index contributed by atoms with van der Waals surface area (Å²) in [5, 5.41) is 11.7. The van der Waals surface area contributed by atoms with Crippen molar-refractivity contribution in [3.63, 3.8) is 0 Å². The topological polar surface area (TPSA) is 69.6 Å². The van der Waals surface area contributed by atoms with E-state index in [0.29, 0.717) is 12.5 Å². The lowest BCUT2D eigenvalue weighted by molar-refractivity contribution is -0.141. The molecule has 2 atom stereocenters. The number of urea groups is 1. The van der Waals surface area contributed by atoms with Gasteiger partial charge in [-0.2, -0.15) is 0 Å². The van der Waals surface area contributed by atoms with E-state index in [1.807, 2.05) is 11.8 Å². The molecule has 5 heteroatoms. The van der Waals surface area contributed by atoms with Gasteiger partial charge in [0, 0.05) is 19.1 Å². The van der Waals surface area contributed by atoms with Crippen molar-refractivity contribution in [2.45, 2.75) is 52.0 Å². The van der Waals surface area contributed by atoms with Gasteiger partial charge in [0.2, 0.25) is 0 Å². The predicted octanol–water partition coefficient (Wildman–Crippen LogP) is 2.07. The Labute approximate surface area is 109 Å². The first-order valence-corrected chi connectivity index (χ1v) is 6.87. The first-order valence-electron chi connectivity index (χ1n) is 6.87. The van der Waals surface area contributed by atoms with Crippen molar-refractivity contribution in [3.8, 4) is 0 Å². The van der Waals surface area contributed by atoms with Gasteiger partial charge in [-0.3, -0.25) is 4.79 Å². The summed E-state index contributed by atoms with van der Waals surface area (Å²) < 4.78 is 0. The van der Waals surface area contributed by atoms with E-state index in [2.05, 4.69) is 12.2 Å². The van der Waals surface area contributed by atoms with E-state index in [4.69, 9.17) is 5.11 Å². The number of rotatable bonds is 5. The summed E-state index contributed by atoms with van der Waals surface area (Å²) >= 11 is 0. The van der Waals surface area contributed by atoms with Crippen molar-refractivity contribution in [1.82, 2.24) is 10.2 Å². The molecular weight excluding hydrogens is 232 g/mol. The van der Waals surface area contributed by atoms with E-state index >= 15 is 0 Å². The smallest absolute Gasteiger partial charge is 0.317 e. The van der Waals surface area contributed by atoms with Crippen molar-refractivity contribution in [1.29, 1.82) is 0 Å². The molecule has 1 heterocycles. The van der Waals surface area contributed by atoms with E-state index in [1.165, 1.54) is 6.42 Å². The summed E-state index contributed by atoms with van der Waals surface area (Å²) in [6.07, 6.45) is 4.77. The van der Waals surface area contributed by atoms with Gasteiger partial charge in [-0.05, 0) is 32.1 Å². The molecule has 0 aromatic carbocycles. The minimum Gasteiger partial charge on any atom is -0.481 e. The second kappa shape index (κ2) is 7.24. The van der Waals surface area contributed by atoms with E-state index in [1.54, 1.807) is 0 Å². The molecule has 2 unspecified atom stereocenters. The maximum absolute atomic E-state index is 12.0. The average molecular weight is 256 g/mol. The first-order chi connectivity index (χ1) is 8.60. The zero-order valence-electron chi connectivity index (χ0n) is 11.3. The van der Waals surface area contributed by atoms with Crippen molar-refractivity contribution < 1.29 is 14.7 Å². The third-order valence-corrected chi connectivity index (χ3v) is 3.70. The van der Waals surface area contributed by atoms with Crippen LogP contribution in [0.5, 0.6) is 0 Å². The summed E-state index contributed by atoms with van der Waals surface area (Å²) in [7, 11) is 0. The zero-order valence-corrected chi connectivity index (χ0v) is 11.3. The summed E-state index contributed by atoms with van der Waals surface area (Å²) in [5.41, 5.74) is 0. The number of carbonyl (C=O) groups excluding carboxylic acids is 1. The normalized spacial score (nSPS) is 21.4.